The lowest BCUT2D eigenvalue weighted by Gasteiger charge is -2.33. The normalized spacial score (nSPS) is 20.8. The van der Waals surface area contributed by atoms with Gasteiger partial charge in [0.05, 0.1) is 6.54 Å². The van der Waals surface area contributed by atoms with Crippen molar-refractivity contribution in [2.45, 2.75) is 26.2 Å². The first-order valence-electron chi connectivity index (χ1n) is 8.25. The summed E-state index contributed by atoms with van der Waals surface area (Å²) in [5.74, 6) is -3.76. The number of piperazine rings is 1. The summed E-state index contributed by atoms with van der Waals surface area (Å²) in [7, 11) is 2.01. The van der Waals surface area contributed by atoms with Gasteiger partial charge in [0.2, 0.25) is 11.8 Å². The molecule has 0 amide bonds. The van der Waals surface area contributed by atoms with Crippen LogP contribution in [0.5, 0.6) is 0 Å². The molecule has 2 aliphatic heterocycles. The van der Waals surface area contributed by atoms with E-state index in [1.165, 1.54) is 4.90 Å². The number of aromatic nitrogens is 2. The average molecular weight is 346 g/mol. The summed E-state index contributed by atoms with van der Waals surface area (Å²) in [5.41, 5.74) is 5.61. The zero-order chi connectivity index (χ0) is 17.9. The molecule has 0 aliphatic carbocycles. The van der Waals surface area contributed by atoms with E-state index in [2.05, 4.69) is 14.9 Å². The van der Waals surface area contributed by atoms with Crippen molar-refractivity contribution in [1.82, 2.24) is 14.9 Å². The number of likely N-dealkylation sites (N-methyl/N-ethyl adjacent to an activating group) is 1. The van der Waals surface area contributed by atoms with Crippen molar-refractivity contribution in [1.29, 1.82) is 0 Å². The van der Waals surface area contributed by atoms with E-state index in [1.807, 2.05) is 25.8 Å². The highest BCUT2D eigenvalue weighted by Gasteiger charge is 2.40. The van der Waals surface area contributed by atoms with E-state index in [1.54, 1.807) is 0 Å². The molecule has 0 atom stereocenters. The lowest BCUT2D eigenvalue weighted by molar-refractivity contribution is 0.0256. The van der Waals surface area contributed by atoms with Crippen LogP contribution in [0.15, 0.2) is 0 Å². The number of nitrogens with zero attached hydrogens (tertiary/aromatic N) is 5. The molecule has 1 aromatic rings. The maximum Gasteiger partial charge on any atom is 0.266 e. The molecule has 0 bridgehead atoms. The molecule has 24 heavy (non-hydrogen) atoms. The minimum absolute atomic E-state index is 0.0581. The first-order chi connectivity index (χ1) is 11.4. The molecular weight excluding hydrogens is 321 g/mol. The predicted molar refractivity (Wildman–Crippen MR) is 89.2 cm³/mol. The van der Waals surface area contributed by atoms with Crippen molar-refractivity contribution in [3.8, 4) is 0 Å². The SMILES string of the molecule is CC.CN1CCN(c2nc(N)c(F)c(N3CCC(F)(F)C3)n2)CC1. The van der Waals surface area contributed by atoms with E-state index in [0.29, 0.717) is 19.0 Å². The Balaban J connectivity index is 0.00000100. The third-order valence-electron chi connectivity index (χ3n) is 4.10. The molecule has 3 rings (SSSR count). The van der Waals surface area contributed by atoms with Crippen molar-refractivity contribution in [3.63, 3.8) is 0 Å². The fourth-order valence-electron chi connectivity index (χ4n) is 2.71. The van der Waals surface area contributed by atoms with Gasteiger partial charge >= 0.3 is 0 Å². The number of alkyl halides is 2. The van der Waals surface area contributed by atoms with E-state index < -0.39 is 18.3 Å². The zero-order valence-corrected chi connectivity index (χ0v) is 14.4. The van der Waals surface area contributed by atoms with Gasteiger partial charge in [0.15, 0.2) is 11.6 Å². The standard InChI is InChI=1S/C13H19F3N6.C2H6/c1-20-4-6-21(7-5-20)12-18-10(17)9(14)11(19-12)22-3-2-13(15,16)8-22;1-2/h2-8H2,1H3,(H2,17,18,19);1-2H3. The van der Waals surface area contributed by atoms with Crippen LogP contribution in [0.4, 0.5) is 30.8 Å². The quantitative estimate of drug-likeness (QED) is 0.881. The number of hydrogen-bond acceptors (Lipinski definition) is 6. The summed E-state index contributed by atoms with van der Waals surface area (Å²) in [6.45, 7) is 6.56. The van der Waals surface area contributed by atoms with E-state index in [0.717, 1.165) is 13.1 Å². The van der Waals surface area contributed by atoms with Gasteiger partial charge in [-0.3, -0.25) is 0 Å². The summed E-state index contributed by atoms with van der Waals surface area (Å²) in [6.07, 6.45) is -0.305. The van der Waals surface area contributed by atoms with Crippen molar-refractivity contribution in [3.05, 3.63) is 5.82 Å². The van der Waals surface area contributed by atoms with Crippen LogP contribution in [-0.4, -0.2) is 67.1 Å². The summed E-state index contributed by atoms with van der Waals surface area (Å²) < 4.78 is 40.9. The maximum atomic E-state index is 14.2. The van der Waals surface area contributed by atoms with Crippen LogP contribution in [0, 0.1) is 5.82 Å². The minimum Gasteiger partial charge on any atom is -0.381 e. The zero-order valence-electron chi connectivity index (χ0n) is 14.4. The Labute approximate surface area is 140 Å². The van der Waals surface area contributed by atoms with Crippen molar-refractivity contribution >= 4 is 17.6 Å². The maximum absolute atomic E-state index is 14.2. The van der Waals surface area contributed by atoms with Crippen LogP contribution in [0.1, 0.15) is 20.3 Å². The summed E-state index contributed by atoms with van der Waals surface area (Å²) >= 11 is 0. The smallest absolute Gasteiger partial charge is 0.266 e. The van der Waals surface area contributed by atoms with Crippen LogP contribution < -0.4 is 15.5 Å². The van der Waals surface area contributed by atoms with Gasteiger partial charge < -0.3 is 20.4 Å². The van der Waals surface area contributed by atoms with Crippen molar-refractivity contribution in [2.24, 2.45) is 0 Å². The average Bonchev–Trinajstić information content (AvgIpc) is 2.92. The minimum atomic E-state index is -2.82. The third-order valence-corrected chi connectivity index (χ3v) is 4.10. The molecular formula is C15H25F3N6. The second-order valence-electron chi connectivity index (χ2n) is 5.86. The monoisotopic (exact) mass is 346 g/mol. The molecule has 2 saturated heterocycles. The molecule has 9 heteroatoms. The molecule has 0 saturated carbocycles. The number of halogens is 3. The molecule has 3 heterocycles. The largest absolute Gasteiger partial charge is 0.381 e. The van der Waals surface area contributed by atoms with Gasteiger partial charge in [-0.05, 0) is 7.05 Å². The molecule has 0 spiro atoms. The topological polar surface area (TPSA) is 61.5 Å². The molecule has 1 aromatic heterocycles. The second-order valence-corrected chi connectivity index (χ2v) is 5.86. The molecule has 136 valence electrons. The number of rotatable bonds is 2. The summed E-state index contributed by atoms with van der Waals surface area (Å²) in [4.78, 5) is 13.4. The predicted octanol–water partition coefficient (Wildman–Crippen LogP) is 1.82. The molecule has 2 aliphatic rings. The Bertz CT molecular complexity index is 560. The molecule has 2 N–H and O–H groups in total. The van der Waals surface area contributed by atoms with Gasteiger partial charge in [-0.1, -0.05) is 13.8 Å². The lowest BCUT2D eigenvalue weighted by atomic mass is 10.3. The number of nitrogens with two attached hydrogens (primary N) is 1. The fourth-order valence-corrected chi connectivity index (χ4v) is 2.71. The van der Waals surface area contributed by atoms with Gasteiger partial charge in [0, 0.05) is 39.1 Å². The molecule has 6 nitrogen and oxygen atoms in total. The second kappa shape index (κ2) is 7.42. The highest BCUT2D eigenvalue weighted by molar-refractivity contribution is 5.55. The molecule has 0 radical (unpaired) electrons. The number of anilines is 3. The highest BCUT2D eigenvalue weighted by Crippen LogP contribution is 2.33. The van der Waals surface area contributed by atoms with E-state index in [9.17, 15) is 13.2 Å². The van der Waals surface area contributed by atoms with Crippen LogP contribution in [-0.2, 0) is 0 Å². The first kappa shape index (κ1) is 18.6. The van der Waals surface area contributed by atoms with Gasteiger partial charge in [-0.15, -0.1) is 0 Å². The van der Waals surface area contributed by atoms with E-state index >= 15 is 0 Å². The molecule has 0 unspecified atom stereocenters. The van der Waals surface area contributed by atoms with Gasteiger partial charge in [-0.25, -0.2) is 8.78 Å². The summed E-state index contributed by atoms with van der Waals surface area (Å²) in [6, 6.07) is 0. The Morgan fingerprint density at radius 1 is 1.00 bits per heavy atom. The number of nitrogen functional groups attached to an aromatic ring is 1. The Kier molecular flexibility index (Phi) is 5.74. The summed E-state index contributed by atoms with van der Waals surface area (Å²) in [5, 5.41) is 0. The van der Waals surface area contributed by atoms with E-state index in [4.69, 9.17) is 5.73 Å². The lowest BCUT2D eigenvalue weighted by Crippen LogP contribution is -2.45. The van der Waals surface area contributed by atoms with Crippen molar-refractivity contribution in [2.75, 3.05) is 61.8 Å². The Hall–Kier alpha value is -1.77. The first-order valence-corrected chi connectivity index (χ1v) is 8.25. The Morgan fingerprint density at radius 3 is 2.17 bits per heavy atom. The van der Waals surface area contributed by atoms with Gasteiger partial charge in [0.1, 0.15) is 0 Å². The van der Waals surface area contributed by atoms with Crippen LogP contribution in [0.3, 0.4) is 0 Å². The van der Waals surface area contributed by atoms with Gasteiger partial charge in [-0.2, -0.15) is 14.4 Å². The van der Waals surface area contributed by atoms with Crippen molar-refractivity contribution < 1.29 is 13.2 Å². The Morgan fingerprint density at radius 2 is 1.62 bits per heavy atom. The number of hydrogen-bond donors (Lipinski definition) is 1. The van der Waals surface area contributed by atoms with Crippen LogP contribution >= 0.6 is 0 Å². The van der Waals surface area contributed by atoms with Gasteiger partial charge in [0.25, 0.3) is 5.92 Å². The molecule has 0 aromatic carbocycles. The highest BCUT2D eigenvalue weighted by atomic mass is 19.3. The fraction of sp³-hybridized carbons (Fsp3) is 0.733. The van der Waals surface area contributed by atoms with E-state index in [-0.39, 0.29) is 24.6 Å². The van der Waals surface area contributed by atoms with Crippen LogP contribution in [0.2, 0.25) is 0 Å². The third kappa shape index (κ3) is 4.00. The molecule has 2 fully saturated rings. The van der Waals surface area contributed by atoms with Crippen LogP contribution in [0.25, 0.3) is 0 Å².